The number of hydrogen-bond donors (Lipinski definition) is 2. The summed E-state index contributed by atoms with van der Waals surface area (Å²) < 4.78 is 27.3. The van der Waals surface area contributed by atoms with Crippen molar-refractivity contribution in [3.63, 3.8) is 0 Å². The van der Waals surface area contributed by atoms with Gasteiger partial charge in [-0.05, 0) is 25.7 Å². The van der Waals surface area contributed by atoms with Gasteiger partial charge in [-0.25, -0.2) is 4.72 Å². The first-order chi connectivity index (χ1) is 6.97. The van der Waals surface area contributed by atoms with Gasteiger partial charge in [0.25, 0.3) is 10.2 Å². The minimum atomic E-state index is -3.32. The van der Waals surface area contributed by atoms with E-state index in [0.717, 1.165) is 12.8 Å². The molecule has 1 aliphatic heterocycles. The normalized spacial score (nSPS) is 25.7. The summed E-state index contributed by atoms with van der Waals surface area (Å²) in [5.41, 5.74) is 0. The number of rotatable bonds is 5. The molecule has 0 saturated carbocycles. The molecule has 2 unspecified atom stereocenters. The zero-order valence-electron chi connectivity index (χ0n) is 9.31. The SMILES string of the molecule is CCCNS(=O)(=O)N1CCC(C(C)O)C1. The van der Waals surface area contributed by atoms with Gasteiger partial charge in [-0.3, -0.25) is 0 Å². The first kappa shape index (κ1) is 12.9. The van der Waals surface area contributed by atoms with E-state index in [1.54, 1.807) is 6.92 Å². The first-order valence-corrected chi connectivity index (χ1v) is 6.84. The van der Waals surface area contributed by atoms with E-state index in [4.69, 9.17) is 0 Å². The molecule has 1 rings (SSSR count). The summed E-state index contributed by atoms with van der Waals surface area (Å²) in [5.74, 6) is 0.0724. The molecule has 0 aliphatic carbocycles. The fraction of sp³-hybridized carbons (Fsp3) is 1.00. The van der Waals surface area contributed by atoms with Crippen molar-refractivity contribution in [2.24, 2.45) is 5.92 Å². The largest absolute Gasteiger partial charge is 0.393 e. The van der Waals surface area contributed by atoms with Gasteiger partial charge in [0.05, 0.1) is 6.10 Å². The van der Waals surface area contributed by atoms with Crippen molar-refractivity contribution < 1.29 is 13.5 Å². The molecular formula is C9H20N2O3S. The summed E-state index contributed by atoms with van der Waals surface area (Å²) in [6.45, 7) is 5.04. The Hall–Kier alpha value is -0.170. The quantitative estimate of drug-likeness (QED) is 0.702. The smallest absolute Gasteiger partial charge is 0.279 e. The molecule has 1 fully saturated rings. The van der Waals surface area contributed by atoms with E-state index in [9.17, 15) is 13.5 Å². The van der Waals surface area contributed by atoms with Crippen LogP contribution in [0, 0.1) is 5.92 Å². The first-order valence-electron chi connectivity index (χ1n) is 5.40. The number of nitrogens with zero attached hydrogens (tertiary/aromatic N) is 1. The van der Waals surface area contributed by atoms with Crippen molar-refractivity contribution in [2.45, 2.75) is 32.8 Å². The van der Waals surface area contributed by atoms with Gasteiger partial charge in [0.2, 0.25) is 0 Å². The summed E-state index contributed by atoms with van der Waals surface area (Å²) in [5, 5.41) is 9.37. The van der Waals surface area contributed by atoms with Crippen LogP contribution in [0.4, 0.5) is 0 Å². The van der Waals surface area contributed by atoms with Crippen LogP contribution in [-0.4, -0.2) is 43.6 Å². The monoisotopic (exact) mass is 236 g/mol. The van der Waals surface area contributed by atoms with Crippen molar-refractivity contribution in [2.75, 3.05) is 19.6 Å². The van der Waals surface area contributed by atoms with Gasteiger partial charge in [-0.2, -0.15) is 12.7 Å². The fourth-order valence-corrected chi connectivity index (χ4v) is 3.07. The maximum absolute atomic E-state index is 11.7. The number of nitrogens with one attached hydrogen (secondary N) is 1. The van der Waals surface area contributed by atoms with Gasteiger partial charge < -0.3 is 5.11 Å². The lowest BCUT2D eigenvalue weighted by Crippen LogP contribution is -2.40. The predicted octanol–water partition coefficient (Wildman–Crippen LogP) is -0.0665. The van der Waals surface area contributed by atoms with E-state index in [0.29, 0.717) is 19.6 Å². The molecule has 0 aromatic rings. The number of aliphatic hydroxyl groups excluding tert-OH is 1. The van der Waals surface area contributed by atoms with Gasteiger partial charge in [0.15, 0.2) is 0 Å². The van der Waals surface area contributed by atoms with Crippen LogP contribution in [-0.2, 0) is 10.2 Å². The highest BCUT2D eigenvalue weighted by Crippen LogP contribution is 2.21. The second kappa shape index (κ2) is 5.25. The molecule has 5 nitrogen and oxygen atoms in total. The molecule has 0 bridgehead atoms. The van der Waals surface area contributed by atoms with Crippen LogP contribution < -0.4 is 4.72 Å². The highest BCUT2D eigenvalue weighted by molar-refractivity contribution is 7.87. The van der Waals surface area contributed by atoms with Gasteiger partial charge in [0, 0.05) is 19.6 Å². The second-order valence-corrected chi connectivity index (χ2v) is 5.80. The van der Waals surface area contributed by atoms with Crippen LogP contribution >= 0.6 is 0 Å². The average Bonchev–Trinajstić information content (AvgIpc) is 2.64. The summed E-state index contributed by atoms with van der Waals surface area (Å²) in [4.78, 5) is 0. The number of hydrogen-bond acceptors (Lipinski definition) is 3. The topological polar surface area (TPSA) is 69.6 Å². The van der Waals surface area contributed by atoms with Crippen LogP contribution in [0.3, 0.4) is 0 Å². The molecule has 2 N–H and O–H groups in total. The van der Waals surface area contributed by atoms with Crippen LogP contribution in [0.2, 0.25) is 0 Å². The van der Waals surface area contributed by atoms with E-state index in [1.165, 1.54) is 4.31 Å². The van der Waals surface area contributed by atoms with Crippen molar-refractivity contribution in [1.29, 1.82) is 0 Å². The molecule has 15 heavy (non-hydrogen) atoms. The van der Waals surface area contributed by atoms with Crippen molar-refractivity contribution in [3.8, 4) is 0 Å². The molecule has 1 heterocycles. The van der Waals surface area contributed by atoms with E-state index in [-0.39, 0.29) is 5.92 Å². The molecule has 0 aromatic carbocycles. The van der Waals surface area contributed by atoms with Gasteiger partial charge in [-0.15, -0.1) is 0 Å². The van der Waals surface area contributed by atoms with Crippen molar-refractivity contribution in [1.82, 2.24) is 9.03 Å². The molecular weight excluding hydrogens is 216 g/mol. The van der Waals surface area contributed by atoms with Crippen LogP contribution in [0.1, 0.15) is 26.7 Å². The Morgan fingerprint density at radius 1 is 1.60 bits per heavy atom. The molecule has 0 aromatic heterocycles. The van der Waals surface area contributed by atoms with E-state index in [1.807, 2.05) is 6.92 Å². The van der Waals surface area contributed by atoms with Crippen LogP contribution in [0.5, 0.6) is 0 Å². The van der Waals surface area contributed by atoms with Gasteiger partial charge in [0.1, 0.15) is 0 Å². The van der Waals surface area contributed by atoms with E-state index < -0.39 is 16.3 Å². The zero-order chi connectivity index (χ0) is 11.5. The molecule has 1 aliphatic rings. The summed E-state index contributed by atoms with van der Waals surface area (Å²) in [6.07, 6.45) is 1.09. The average molecular weight is 236 g/mol. The van der Waals surface area contributed by atoms with Crippen molar-refractivity contribution >= 4 is 10.2 Å². The third kappa shape index (κ3) is 3.41. The lowest BCUT2D eigenvalue weighted by molar-refractivity contribution is 0.132. The Bertz CT molecular complexity index is 290. The number of aliphatic hydroxyl groups is 1. The highest BCUT2D eigenvalue weighted by atomic mass is 32.2. The predicted molar refractivity (Wildman–Crippen MR) is 58.6 cm³/mol. The minimum Gasteiger partial charge on any atom is -0.393 e. The summed E-state index contributed by atoms with van der Waals surface area (Å²) >= 11 is 0. The standard InChI is InChI=1S/C9H20N2O3S/c1-3-5-10-15(13,14)11-6-4-9(7-11)8(2)12/h8-10,12H,3-7H2,1-2H3. The van der Waals surface area contributed by atoms with Gasteiger partial charge >= 0.3 is 0 Å². The Labute approximate surface area is 91.7 Å². The Kier molecular flexibility index (Phi) is 4.51. The maximum atomic E-state index is 11.7. The molecule has 1 saturated heterocycles. The van der Waals surface area contributed by atoms with Crippen molar-refractivity contribution in [3.05, 3.63) is 0 Å². The molecule has 6 heteroatoms. The third-order valence-corrected chi connectivity index (χ3v) is 4.32. The molecule has 0 spiro atoms. The molecule has 2 atom stereocenters. The molecule has 90 valence electrons. The fourth-order valence-electron chi connectivity index (χ4n) is 1.69. The second-order valence-electron chi connectivity index (χ2n) is 4.05. The Balaban J connectivity index is 2.52. The molecule has 0 radical (unpaired) electrons. The zero-order valence-corrected chi connectivity index (χ0v) is 10.1. The molecule has 0 amide bonds. The maximum Gasteiger partial charge on any atom is 0.279 e. The van der Waals surface area contributed by atoms with E-state index in [2.05, 4.69) is 4.72 Å². The van der Waals surface area contributed by atoms with E-state index >= 15 is 0 Å². The summed E-state index contributed by atoms with van der Waals surface area (Å²) in [6, 6.07) is 0. The minimum absolute atomic E-state index is 0.0724. The lowest BCUT2D eigenvalue weighted by Gasteiger charge is -2.17. The Morgan fingerprint density at radius 3 is 2.73 bits per heavy atom. The highest BCUT2D eigenvalue weighted by Gasteiger charge is 2.32. The van der Waals surface area contributed by atoms with Crippen LogP contribution in [0.25, 0.3) is 0 Å². The van der Waals surface area contributed by atoms with Gasteiger partial charge in [-0.1, -0.05) is 6.92 Å². The van der Waals surface area contributed by atoms with Crippen LogP contribution in [0.15, 0.2) is 0 Å². The summed E-state index contributed by atoms with van der Waals surface area (Å²) in [7, 11) is -3.32. The lowest BCUT2D eigenvalue weighted by atomic mass is 10.0. The third-order valence-electron chi connectivity index (χ3n) is 2.74. The Morgan fingerprint density at radius 2 is 2.27 bits per heavy atom.